The minimum atomic E-state index is 0.759. The molecule has 0 saturated carbocycles. The molecule has 0 unspecified atom stereocenters. The van der Waals surface area contributed by atoms with Crippen molar-refractivity contribution in [2.45, 2.75) is 32.6 Å². The van der Waals surface area contributed by atoms with E-state index in [0.29, 0.717) is 0 Å². The maximum absolute atomic E-state index is 4.57. The number of nitrogens with one attached hydrogen (secondary N) is 1. The van der Waals surface area contributed by atoms with Crippen LogP contribution in [0, 0.1) is 0 Å². The highest BCUT2D eigenvalue weighted by Gasteiger charge is 2.05. The quantitative estimate of drug-likeness (QED) is 0.721. The fourth-order valence-corrected chi connectivity index (χ4v) is 2.17. The van der Waals surface area contributed by atoms with Crippen LogP contribution in [0.4, 0.5) is 11.8 Å². The number of pyridine rings is 1. The van der Waals surface area contributed by atoms with Crippen molar-refractivity contribution in [2.75, 3.05) is 30.4 Å². The van der Waals surface area contributed by atoms with Gasteiger partial charge in [-0.25, -0.2) is 4.98 Å². The standard InChI is InChI=1S/C17H25N5/c1-3-4-5-10-19-16-8-13-20-17(21-16)22(2)14-9-15-6-11-18-12-7-15/h6-8,11-13H,3-5,9-10,14H2,1-2H3,(H,19,20,21). The normalized spacial score (nSPS) is 10.5. The highest BCUT2D eigenvalue weighted by atomic mass is 15.2. The number of likely N-dealkylation sites (N-methyl/N-ethyl adjacent to an activating group) is 1. The molecule has 5 nitrogen and oxygen atoms in total. The van der Waals surface area contributed by atoms with Crippen molar-refractivity contribution < 1.29 is 0 Å². The van der Waals surface area contributed by atoms with E-state index in [1.165, 1.54) is 24.8 Å². The molecule has 0 fully saturated rings. The van der Waals surface area contributed by atoms with E-state index in [1.807, 2.05) is 43.8 Å². The van der Waals surface area contributed by atoms with Crippen molar-refractivity contribution in [3.63, 3.8) is 0 Å². The molecule has 0 atom stereocenters. The summed E-state index contributed by atoms with van der Waals surface area (Å²) in [5.41, 5.74) is 1.27. The first kappa shape index (κ1) is 16.2. The third-order valence-electron chi connectivity index (χ3n) is 3.56. The van der Waals surface area contributed by atoms with Crippen LogP contribution in [-0.4, -0.2) is 35.1 Å². The van der Waals surface area contributed by atoms with Crippen LogP contribution in [-0.2, 0) is 6.42 Å². The van der Waals surface area contributed by atoms with E-state index < -0.39 is 0 Å². The smallest absolute Gasteiger partial charge is 0.226 e. The molecule has 5 heteroatoms. The first-order valence-electron chi connectivity index (χ1n) is 7.96. The van der Waals surface area contributed by atoms with Gasteiger partial charge in [-0.2, -0.15) is 4.98 Å². The van der Waals surface area contributed by atoms with Gasteiger partial charge in [0.25, 0.3) is 0 Å². The fourth-order valence-electron chi connectivity index (χ4n) is 2.17. The summed E-state index contributed by atoms with van der Waals surface area (Å²) in [7, 11) is 2.03. The van der Waals surface area contributed by atoms with Crippen molar-refractivity contribution >= 4 is 11.8 Å². The van der Waals surface area contributed by atoms with E-state index in [0.717, 1.165) is 31.3 Å². The van der Waals surface area contributed by atoms with Crippen molar-refractivity contribution in [2.24, 2.45) is 0 Å². The highest BCUT2D eigenvalue weighted by Crippen LogP contribution is 2.10. The Morgan fingerprint density at radius 3 is 2.68 bits per heavy atom. The van der Waals surface area contributed by atoms with Crippen molar-refractivity contribution in [1.29, 1.82) is 0 Å². The van der Waals surface area contributed by atoms with E-state index in [-0.39, 0.29) is 0 Å². The molecular formula is C17H25N5. The Morgan fingerprint density at radius 1 is 1.09 bits per heavy atom. The van der Waals surface area contributed by atoms with E-state index in [4.69, 9.17) is 0 Å². The lowest BCUT2D eigenvalue weighted by molar-refractivity contribution is 0.741. The zero-order chi connectivity index (χ0) is 15.6. The van der Waals surface area contributed by atoms with Gasteiger partial charge in [0, 0.05) is 38.7 Å². The van der Waals surface area contributed by atoms with Gasteiger partial charge < -0.3 is 10.2 Å². The average molecular weight is 299 g/mol. The summed E-state index contributed by atoms with van der Waals surface area (Å²) in [4.78, 5) is 15.1. The molecule has 118 valence electrons. The third-order valence-corrected chi connectivity index (χ3v) is 3.56. The second-order valence-electron chi connectivity index (χ2n) is 5.40. The first-order valence-corrected chi connectivity index (χ1v) is 7.96. The molecule has 2 rings (SSSR count). The molecule has 2 heterocycles. The molecule has 2 aromatic rings. The predicted molar refractivity (Wildman–Crippen MR) is 91.3 cm³/mol. The van der Waals surface area contributed by atoms with Gasteiger partial charge in [-0.1, -0.05) is 19.8 Å². The summed E-state index contributed by atoms with van der Waals surface area (Å²) < 4.78 is 0. The summed E-state index contributed by atoms with van der Waals surface area (Å²) in [6, 6.07) is 6.01. The molecular weight excluding hydrogens is 274 g/mol. The molecule has 0 radical (unpaired) electrons. The molecule has 2 aromatic heterocycles. The van der Waals surface area contributed by atoms with Gasteiger partial charge in [0.05, 0.1) is 0 Å². The second-order valence-corrected chi connectivity index (χ2v) is 5.40. The maximum Gasteiger partial charge on any atom is 0.226 e. The molecule has 0 aliphatic rings. The van der Waals surface area contributed by atoms with Gasteiger partial charge in [0.1, 0.15) is 5.82 Å². The highest BCUT2D eigenvalue weighted by molar-refractivity contribution is 5.40. The number of hydrogen-bond acceptors (Lipinski definition) is 5. The van der Waals surface area contributed by atoms with Crippen LogP contribution in [0.3, 0.4) is 0 Å². The Morgan fingerprint density at radius 2 is 1.91 bits per heavy atom. The van der Waals surface area contributed by atoms with E-state index in [1.54, 1.807) is 0 Å². The molecule has 0 saturated heterocycles. The minimum absolute atomic E-state index is 0.759. The predicted octanol–water partition coefficient (Wildman–Crippen LogP) is 3.15. The first-order chi connectivity index (χ1) is 10.8. The van der Waals surface area contributed by atoms with Gasteiger partial charge in [-0.15, -0.1) is 0 Å². The van der Waals surface area contributed by atoms with E-state index >= 15 is 0 Å². The van der Waals surface area contributed by atoms with E-state index in [2.05, 4.69) is 32.1 Å². The van der Waals surface area contributed by atoms with Crippen molar-refractivity contribution in [1.82, 2.24) is 15.0 Å². The Balaban J connectivity index is 1.85. The number of rotatable bonds is 9. The van der Waals surface area contributed by atoms with Crippen molar-refractivity contribution in [3.8, 4) is 0 Å². The molecule has 0 aliphatic heterocycles. The molecule has 1 N–H and O–H groups in total. The van der Waals surface area contributed by atoms with Crippen LogP contribution in [0.1, 0.15) is 31.7 Å². The molecule has 0 aliphatic carbocycles. The number of unbranched alkanes of at least 4 members (excludes halogenated alkanes) is 2. The number of aromatic nitrogens is 3. The lowest BCUT2D eigenvalue weighted by Gasteiger charge is -2.17. The lowest BCUT2D eigenvalue weighted by atomic mass is 10.2. The van der Waals surface area contributed by atoms with Crippen LogP contribution in [0.25, 0.3) is 0 Å². The molecule has 0 spiro atoms. The van der Waals surface area contributed by atoms with Gasteiger partial charge in [0.2, 0.25) is 5.95 Å². The SMILES string of the molecule is CCCCCNc1ccnc(N(C)CCc2ccncc2)n1. The summed E-state index contributed by atoms with van der Waals surface area (Å²) in [5, 5.41) is 3.36. The summed E-state index contributed by atoms with van der Waals surface area (Å²) in [6.07, 6.45) is 10.1. The molecule has 0 aromatic carbocycles. The van der Waals surface area contributed by atoms with Crippen LogP contribution in [0.2, 0.25) is 0 Å². The van der Waals surface area contributed by atoms with Gasteiger partial charge >= 0.3 is 0 Å². The molecule has 0 amide bonds. The summed E-state index contributed by atoms with van der Waals surface area (Å²) in [6.45, 7) is 4.05. The average Bonchev–Trinajstić information content (AvgIpc) is 2.58. The number of hydrogen-bond donors (Lipinski definition) is 1. The summed E-state index contributed by atoms with van der Waals surface area (Å²) in [5.74, 6) is 1.66. The van der Waals surface area contributed by atoms with Gasteiger partial charge in [-0.05, 0) is 36.6 Å². The Bertz CT molecular complexity index is 544. The lowest BCUT2D eigenvalue weighted by Crippen LogP contribution is -2.23. The minimum Gasteiger partial charge on any atom is -0.370 e. The number of nitrogens with zero attached hydrogens (tertiary/aromatic N) is 4. The van der Waals surface area contributed by atoms with E-state index in [9.17, 15) is 0 Å². The fraction of sp³-hybridized carbons (Fsp3) is 0.471. The van der Waals surface area contributed by atoms with Crippen LogP contribution in [0.5, 0.6) is 0 Å². The topological polar surface area (TPSA) is 53.9 Å². The summed E-state index contributed by atoms with van der Waals surface area (Å²) >= 11 is 0. The zero-order valence-electron chi connectivity index (χ0n) is 13.5. The second kappa shape index (κ2) is 8.97. The van der Waals surface area contributed by atoms with Crippen LogP contribution >= 0.6 is 0 Å². The van der Waals surface area contributed by atoms with Gasteiger partial charge in [-0.3, -0.25) is 4.98 Å². The maximum atomic E-state index is 4.57. The van der Waals surface area contributed by atoms with Crippen LogP contribution < -0.4 is 10.2 Å². The monoisotopic (exact) mass is 299 g/mol. The van der Waals surface area contributed by atoms with Gasteiger partial charge in [0.15, 0.2) is 0 Å². The zero-order valence-corrected chi connectivity index (χ0v) is 13.5. The Kier molecular flexibility index (Phi) is 6.61. The Labute approximate surface area is 132 Å². The largest absolute Gasteiger partial charge is 0.370 e. The van der Waals surface area contributed by atoms with Crippen LogP contribution in [0.15, 0.2) is 36.8 Å². The molecule has 22 heavy (non-hydrogen) atoms. The third kappa shape index (κ3) is 5.31. The number of anilines is 2. The molecule has 0 bridgehead atoms. The van der Waals surface area contributed by atoms with Crippen molar-refractivity contribution in [3.05, 3.63) is 42.4 Å². The Hall–Kier alpha value is -2.17.